The molecular weight excluding hydrogens is 284 g/mol. The van der Waals surface area contributed by atoms with Gasteiger partial charge in [0, 0.05) is 8.96 Å². The number of halogens is 2. The highest BCUT2D eigenvalue weighted by atomic mass is 79.9. The van der Waals surface area contributed by atoms with Gasteiger partial charge in [-0.1, -0.05) is 38.4 Å². The average Bonchev–Trinajstić information content (AvgIpc) is 2.03. The Morgan fingerprint density at radius 1 is 1.33 bits per heavy atom. The molecule has 0 heterocycles. The molecule has 0 saturated carbocycles. The van der Waals surface area contributed by atoms with E-state index in [4.69, 9.17) is 4.74 Å². The molecule has 0 fully saturated rings. The van der Waals surface area contributed by atoms with Crippen LogP contribution in [0.1, 0.15) is 0 Å². The minimum Gasteiger partial charge on any atom is -0.488 e. The summed E-state index contributed by atoms with van der Waals surface area (Å²) in [6.45, 7) is 4.17. The standard InChI is InChI=1S/C9H8Br2O/c1-7(10)6-12-9-4-2-8(11)3-5-9/h2-5H,1,6H2. The molecule has 1 aromatic rings. The third kappa shape index (κ3) is 3.41. The van der Waals surface area contributed by atoms with Crippen molar-refractivity contribution in [1.29, 1.82) is 0 Å². The normalized spacial score (nSPS) is 9.50. The van der Waals surface area contributed by atoms with Crippen molar-refractivity contribution >= 4 is 31.9 Å². The van der Waals surface area contributed by atoms with Crippen LogP contribution < -0.4 is 4.74 Å². The minimum absolute atomic E-state index is 0.502. The molecule has 12 heavy (non-hydrogen) atoms. The first kappa shape index (κ1) is 9.81. The van der Waals surface area contributed by atoms with E-state index >= 15 is 0 Å². The molecular formula is C9H8Br2O. The van der Waals surface area contributed by atoms with Crippen LogP contribution in [0.5, 0.6) is 5.75 Å². The second-order valence-corrected chi connectivity index (χ2v) is 4.30. The molecule has 64 valence electrons. The smallest absolute Gasteiger partial charge is 0.119 e. The number of benzene rings is 1. The van der Waals surface area contributed by atoms with Crippen molar-refractivity contribution in [1.82, 2.24) is 0 Å². The van der Waals surface area contributed by atoms with E-state index < -0.39 is 0 Å². The molecule has 0 amide bonds. The fraction of sp³-hybridized carbons (Fsp3) is 0.111. The van der Waals surface area contributed by atoms with Crippen LogP contribution in [-0.4, -0.2) is 6.61 Å². The largest absolute Gasteiger partial charge is 0.488 e. The van der Waals surface area contributed by atoms with Crippen molar-refractivity contribution in [2.45, 2.75) is 0 Å². The molecule has 1 nitrogen and oxygen atoms in total. The van der Waals surface area contributed by atoms with Crippen LogP contribution in [0, 0.1) is 0 Å². The SMILES string of the molecule is C=C(Br)COc1ccc(Br)cc1. The number of ether oxygens (including phenoxy) is 1. The number of hydrogen-bond donors (Lipinski definition) is 0. The maximum absolute atomic E-state index is 5.36. The van der Waals surface area contributed by atoms with E-state index in [0.717, 1.165) is 14.7 Å². The van der Waals surface area contributed by atoms with Crippen LogP contribution in [0.2, 0.25) is 0 Å². The number of hydrogen-bond acceptors (Lipinski definition) is 1. The summed E-state index contributed by atoms with van der Waals surface area (Å²) in [4.78, 5) is 0. The highest BCUT2D eigenvalue weighted by Gasteiger charge is 1.93. The van der Waals surface area contributed by atoms with Crippen LogP contribution in [0.3, 0.4) is 0 Å². The monoisotopic (exact) mass is 290 g/mol. The first-order chi connectivity index (χ1) is 5.68. The predicted molar refractivity (Wildman–Crippen MR) is 57.7 cm³/mol. The molecule has 0 unspecified atom stereocenters. The van der Waals surface area contributed by atoms with Gasteiger partial charge >= 0.3 is 0 Å². The molecule has 0 spiro atoms. The Kier molecular flexibility index (Phi) is 3.82. The fourth-order valence-corrected chi connectivity index (χ4v) is 1.07. The molecule has 0 atom stereocenters. The molecule has 0 aromatic heterocycles. The summed E-state index contributed by atoms with van der Waals surface area (Å²) < 4.78 is 7.24. The Labute approximate surface area is 88.7 Å². The van der Waals surface area contributed by atoms with Crippen molar-refractivity contribution in [3.8, 4) is 5.75 Å². The summed E-state index contributed by atoms with van der Waals surface area (Å²) in [7, 11) is 0. The van der Waals surface area contributed by atoms with Gasteiger partial charge in [-0.05, 0) is 24.3 Å². The summed E-state index contributed by atoms with van der Waals surface area (Å²) in [5, 5.41) is 0. The second kappa shape index (κ2) is 4.67. The maximum Gasteiger partial charge on any atom is 0.119 e. The van der Waals surface area contributed by atoms with Gasteiger partial charge in [-0.25, -0.2) is 0 Å². The zero-order valence-corrected chi connectivity index (χ0v) is 9.56. The third-order valence-electron chi connectivity index (χ3n) is 1.21. The lowest BCUT2D eigenvalue weighted by atomic mass is 10.3. The Morgan fingerprint density at radius 3 is 2.42 bits per heavy atom. The summed E-state index contributed by atoms with van der Waals surface area (Å²) >= 11 is 6.56. The highest BCUT2D eigenvalue weighted by molar-refractivity contribution is 9.11. The molecule has 0 aliphatic carbocycles. The molecule has 0 N–H and O–H groups in total. The van der Waals surface area contributed by atoms with Gasteiger partial charge in [0.2, 0.25) is 0 Å². The first-order valence-corrected chi connectivity index (χ1v) is 4.99. The van der Waals surface area contributed by atoms with Crippen molar-refractivity contribution in [3.63, 3.8) is 0 Å². The lowest BCUT2D eigenvalue weighted by molar-refractivity contribution is 0.361. The minimum atomic E-state index is 0.502. The van der Waals surface area contributed by atoms with Crippen molar-refractivity contribution in [3.05, 3.63) is 39.8 Å². The molecule has 0 saturated heterocycles. The van der Waals surface area contributed by atoms with E-state index in [-0.39, 0.29) is 0 Å². The van der Waals surface area contributed by atoms with Gasteiger partial charge in [0.05, 0.1) is 0 Å². The van der Waals surface area contributed by atoms with E-state index in [0.29, 0.717) is 6.61 Å². The summed E-state index contributed by atoms with van der Waals surface area (Å²) in [6.07, 6.45) is 0. The summed E-state index contributed by atoms with van der Waals surface area (Å²) in [5.41, 5.74) is 0. The topological polar surface area (TPSA) is 9.23 Å². The van der Waals surface area contributed by atoms with Gasteiger partial charge in [-0.3, -0.25) is 0 Å². The van der Waals surface area contributed by atoms with E-state index in [2.05, 4.69) is 38.4 Å². The lowest BCUT2D eigenvalue weighted by Gasteiger charge is -2.03. The fourth-order valence-electron chi connectivity index (χ4n) is 0.692. The third-order valence-corrected chi connectivity index (χ3v) is 1.97. The Hall–Kier alpha value is -0.280. The van der Waals surface area contributed by atoms with Crippen LogP contribution in [0.15, 0.2) is 39.8 Å². The zero-order chi connectivity index (χ0) is 8.97. The number of rotatable bonds is 3. The Morgan fingerprint density at radius 2 is 1.92 bits per heavy atom. The molecule has 0 aliphatic heterocycles. The van der Waals surface area contributed by atoms with Crippen LogP contribution >= 0.6 is 31.9 Å². The molecule has 1 rings (SSSR count). The zero-order valence-electron chi connectivity index (χ0n) is 6.39. The summed E-state index contributed by atoms with van der Waals surface area (Å²) in [5.74, 6) is 0.846. The maximum atomic E-state index is 5.36. The predicted octanol–water partition coefficient (Wildman–Crippen LogP) is 3.74. The van der Waals surface area contributed by atoms with Gasteiger partial charge in [-0.2, -0.15) is 0 Å². The second-order valence-electron chi connectivity index (χ2n) is 2.26. The Balaban J connectivity index is 2.53. The molecule has 0 bridgehead atoms. The van der Waals surface area contributed by atoms with E-state index in [1.165, 1.54) is 0 Å². The lowest BCUT2D eigenvalue weighted by Crippen LogP contribution is -1.95. The van der Waals surface area contributed by atoms with Crippen molar-refractivity contribution in [2.24, 2.45) is 0 Å². The molecule has 3 heteroatoms. The van der Waals surface area contributed by atoms with Crippen LogP contribution in [-0.2, 0) is 0 Å². The van der Waals surface area contributed by atoms with Gasteiger partial charge in [0.1, 0.15) is 12.4 Å². The van der Waals surface area contributed by atoms with Crippen molar-refractivity contribution < 1.29 is 4.74 Å². The van der Waals surface area contributed by atoms with Gasteiger partial charge in [-0.15, -0.1) is 0 Å². The molecule has 1 aromatic carbocycles. The van der Waals surface area contributed by atoms with E-state index in [1.54, 1.807) is 0 Å². The summed E-state index contributed by atoms with van der Waals surface area (Å²) in [6, 6.07) is 7.68. The quantitative estimate of drug-likeness (QED) is 0.824. The van der Waals surface area contributed by atoms with Crippen LogP contribution in [0.4, 0.5) is 0 Å². The van der Waals surface area contributed by atoms with Crippen LogP contribution in [0.25, 0.3) is 0 Å². The van der Waals surface area contributed by atoms with E-state index in [1.807, 2.05) is 24.3 Å². The molecule has 0 aliphatic rings. The molecule has 0 radical (unpaired) electrons. The first-order valence-electron chi connectivity index (χ1n) is 3.40. The highest BCUT2D eigenvalue weighted by Crippen LogP contribution is 2.16. The van der Waals surface area contributed by atoms with Crippen molar-refractivity contribution in [2.75, 3.05) is 6.61 Å². The van der Waals surface area contributed by atoms with Gasteiger partial charge in [0.25, 0.3) is 0 Å². The Bertz CT molecular complexity index is 266. The average molecular weight is 292 g/mol. The van der Waals surface area contributed by atoms with E-state index in [9.17, 15) is 0 Å². The van der Waals surface area contributed by atoms with Gasteiger partial charge in [0.15, 0.2) is 0 Å². The van der Waals surface area contributed by atoms with Gasteiger partial charge < -0.3 is 4.74 Å².